The molecule has 2 nitrogen and oxygen atoms in total. The molecule has 0 amide bonds. The Kier molecular flexibility index (Phi) is 9.03. The van der Waals surface area contributed by atoms with E-state index in [1.165, 1.54) is 129 Å². The largest absolute Gasteiger partial charge is 0.335 e. The maximum Gasteiger partial charge on any atom is 0.262 e. The van der Waals surface area contributed by atoms with E-state index in [1.807, 2.05) is 23.1 Å². The van der Waals surface area contributed by atoms with E-state index >= 15 is 0 Å². The summed E-state index contributed by atoms with van der Waals surface area (Å²) in [7, 11) is 2.26. The minimum absolute atomic E-state index is 0.710. The average molecular weight is 670 g/mol. The molecule has 2 saturated carbocycles. The van der Waals surface area contributed by atoms with Gasteiger partial charge in [-0.3, -0.25) is 0 Å². The first-order chi connectivity index (χ1) is 22.1. The van der Waals surface area contributed by atoms with Crippen molar-refractivity contribution in [3.8, 4) is 0 Å². The molecule has 2 fully saturated rings. The van der Waals surface area contributed by atoms with Gasteiger partial charge in [0.1, 0.15) is 11.7 Å². The van der Waals surface area contributed by atoms with Gasteiger partial charge in [-0.05, 0) is 117 Å². The lowest BCUT2D eigenvalue weighted by molar-refractivity contribution is -0.642. The molecule has 6 heteroatoms. The van der Waals surface area contributed by atoms with Crippen LogP contribution in [0.3, 0.4) is 0 Å². The van der Waals surface area contributed by atoms with Crippen LogP contribution in [0.2, 0.25) is 0 Å². The third-order valence-electron chi connectivity index (χ3n) is 10.4. The van der Waals surface area contributed by atoms with Gasteiger partial charge in [-0.1, -0.05) is 60.9 Å². The van der Waals surface area contributed by atoms with E-state index in [1.54, 1.807) is 5.57 Å². The number of hydrogen-bond donors (Lipinski definition) is 0. The molecule has 3 aromatic rings. The van der Waals surface area contributed by atoms with E-state index in [0.717, 1.165) is 17.0 Å². The molecule has 0 N–H and O–H groups in total. The molecule has 5 aliphatic rings. The Balaban J connectivity index is 1.02. The van der Waals surface area contributed by atoms with Crippen molar-refractivity contribution >= 4 is 68.6 Å². The van der Waals surface area contributed by atoms with Gasteiger partial charge in [0.15, 0.2) is 0 Å². The minimum Gasteiger partial charge on any atom is -0.335 e. The number of thiazole rings is 1. The highest BCUT2D eigenvalue weighted by atomic mass is 32.2. The van der Waals surface area contributed by atoms with Crippen LogP contribution >= 0.6 is 46.6 Å². The zero-order valence-electron chi connectivity index (χ0n) is 26.7. The fourth-order valence-electron chi connectivity index (χ4n) is 7.88. The average Bonchev–Trinajstić information content (AvgIpc) is 3.86. The van der Waals surface area contributed by atoms with Gasteiger partial charge in [0.05, 0.1) is 10.7 Å². The molecule has 8 rings (SSSR count). The van der Waals surface area contributed by atoms with Crippen molar-refractivity contribution in [1.82, 2.24) is 0 Å². The molecular weight excluding hydrogens is 625 g/mol. The lowest BCUT2D eigenvalue weighted by Gasteiger charge is -2.28. The number of aryl methyl sites for hydroxylation is 1. The van der Waals surface area contributed by atoms with Crippen LogP contribution in [0, 0.1) is 5.92 Å². The number of allylic oxidation sites excluding steroid dienone is 6. The standard InChI is InChI=1S/C39H45N2S4/c1-3-41-35-25-33(43-31-10-6-7-11-31)17-19-37(35)45-39(41)23-27-13-15-28-14-12-26(20-29(28)21-27)22-38-40(2)34-24-32(16-18-36(34)44-38)42-30-8-4-5-9-30/h16-25,28,30-31H,3-15H2,1-2H3/q+1. The van der Waals surface area contributed by atoms with E-state index < -0.39 is 0 Å². The molecule has 234 valence electrons. The van der Waals surface area contributed by atoms with Crippen molar-refractivity contribution in [3.63, 3.8) is 0 Å². The van der Waals surface area contributed by atoms with Crippen molar-refractivity contribution in [2.75, 3.05) is 11.4 Å². The molecule has 1 atom stereocenters. The zero-order chi connectivity index (χ0) is 30.3. The van der Waals surface area contributed by atoms with E-state index in [4.69, 9.17) is 0 Å². The Labute approximate surface area is 286 Å². The van der Waals surface area contributed by atoms with Crippen LogP contribution in [0.4, 0.5) is 5.69 Å². The van der Waals surface area contributed by atoms with Crippen LogP contribution in [0.5, 0.6) is 0 Å². The Bertz CT molecular complexity index is 1710. The molecule has 0 saturated heterocycles. The Morgan fingerprint density at radius 3 is 2.31 bits per heavy atom. The summed E-state index contributed by atoms with van der Waals surface area (Å²) in [5.41, 5.74) is 7.31. The first-order valence-corrected chi connectivity index (χ1v) is 20.7. The van der Waals surface area contributed by atoms with Crippen LogP contribution in [0.25, 0.3) is 16.3 Å². The Hall–Kier alpha value is -1.86. The topological polar surface area (TPSA) is 7.12 Å². The van der Waals surface area contributed by atoms with E-state index in [9.17, 15) is 0 Å². The third kappa shape index (κ3) is 6.51. The Morgan fingerprint density at radius 2 is 1.56 bits per heavy atom. The minimum atomic E-state index is 0.710. The summed E-state index contributed by atoms with van der Waals surface area (Å²) in [5, 5.41) is 4.38. The van der Waals surface area contributed by atoms with Gasteiger partial charge in [-0.15, -0.1) is 23.5 Å². The fraction of sp³-hybridized carbons (Fsp3) is 0.462. The van der Waals surface area contributed by atoms with Crippen LogP contribution < -0.4 is 9.47 Å². The van der Waals surface area contributed by atoms with Gasteiger partial charge < -0.3 is 4.90 Å². The number of fused-ring (bicyclic) bond motifs is 3. The molecule has 2 aromatic carbocycles. The van der Waals surface area contributed by atoms with E-state index in [-0.39, 0.29) is 0 Å². The molecule has 1 aromatic heterocycles. The second-order valence-corrected chi connectivity index (χ2v) is 18.4. The van der Waals surface area contributed by atoms with Gasteiger partial charge in [-0.2, -0.15) is 4.57 Å². The highest BCUT2D eigenvalue weighted by Crippen LogP contribution is 2.49. The monoisotopic (exact) mass is 669 g/mol. The van der Waals surface area contributed by atoms with Crippen LogP contribution in [-0.2, 0) is 7.05 Å². The maximum absolute atomic E-state index is 2.55. The second kappa shape index (κ2) is 13.3. The van der Waals surface area contributed by atoms with Crippen LogP contribution in [0.15, 0.2) is 91.1 Å². The quantitative estimate of drug-likeness (QED) is 0.231. The number of hydrogen-bond acceptors (Lipinski definition) is 5. The number of benzene rings is 2. The van der Waals surface area contributed by atoms with E-state index in [0.29, 0.717) is 5.92 Å². The highest BCUT2D eigenvalue weighted by molar-refractivity contribution is 8.03. The molecule has 1 unspecified atom stereocenters. The first-order valence-electron chi connectivity index (χ1n) is 17.3. The summed E-state index contributed by atoms with van der Waals surface area (Å²) in [4.78, 5) is 6.84. The summed E-state index contributed by atoms with van der Waals surface area (Å²) in [6, 6.07) is 14.3. The summed E-state index contributed by atoms with van der Waals surface area (Å²) in [5.74, 6) is 0.710. The lowest BCUT2D eigenvalue weighted by Crippen LogP contribution is -2.29. The predicted octanol–water partition coefficient (Wildman–Crippen LogP) is 11.7. The maximum atomic E-state index is 2.55. The van der Waals surface area contributed by atoms with Crippen molar-refractivity contribution in [2.24, 2.45) is 13.0 Å². The molecule has 0 bridgehead atoms. The molecule has 0 radical (unpaired) electrons. The van der Waals surface area contributed by atoms with Gasteiger partial charge >= 0.3 is 0 Å². The normalized spacial score (nSPS) is 24.1. The molecule has 0 spiro atoms. The van der Waals surface area contributed by atoms with Crippen LogP contribution in [0.1, 0.15) is 89.0 Å². The third-order valence-corrected chi connectivity index (χ3v) is 15.4. The number of aromatic nitrogens is 1. The fourth-order valence-corrected chi connectivity index (χ4v) is 12.7. The SMILES string of the molecule is CCN1/C(=C/C2=CC3=C/C(=C/c4sc5ccc(SC6CCCC6)cc5[n+]4C)CCC3CC2)Sc2ccc(SC3CCCC3)cc21. The number of rotatable bonds is 7. The van der Waals surface area contributed by atoms with Gasteiger partial charge in [-0.25, -0.2) is 0 Å². The Morgan fingerprint density at radius 1 is 0.844 bits per heavy atom. The van der Waals surface area contributed by atoms with Gasteiger partial charge in [0, 0.05) is 43.9 Å². The predicted molar refractivity (Wildman–Crippen MR) is 199 cm³/mol. The summed E-state index contributed by atoms with van der Waals surface area (Å²) < 4.78 is 3.82. The smallest absolute Gasteiger partial charge is 0.262 e. The van der Waals surface area contributed by atoms with Crippen molar-refractivity contribution < 1.29 is 4.57 Å². The molecule has 45 heavy (non-hydrogen) atoms. The molecule has 4 aliphatic carbocycles. The summed E-state index contributed by atoms with van der Waals surface area (Å²) in [6.07, 6.45) is 26.1. The first kappa shape index (κ1) is 30.5. The van der Waals surface area contributed by atoms with Crippen molar-refractivity contribution in [2.45, 2.75) is 109 Å². The molecule has 2 heterocycles. The summed E-state index contributed by atoms with van der Waals surface area (Å²) >= 11 is 8.11. The second-order valence-electron chi connectivity index (χ2n) is 13.5. The van der Waals surface area contributed by atoms with Gasteiger partial charge in [0.25, 0.3) is 5.01 Å². The zero-order valence-corrected chi connectivity index (χ0v) is 30.0. The number of nitrogens with zero attached hydrogens (tertiary/aromatic N) is 2. The van der Waals surface area contributed by atoms with Crippen molar-refractivity contribution in [1.29, 1.82) is 0 Å². The van der Waals surface area contributed by atoms with E-state index in [2.05, 4.69) is 108 Å². The lowest BCUT2D eigenvalue weighted by atomic mass is 9.77. The number of thioether (sulfide) groups is 3. The number of anilines is 1. The van der Waals surface area contributed by atoms with Gasteiger partial charge in [0.2, 0.25) is 5.52 Å². The van der Waals surface area contributed by atoms with Crippen molar-refractivity contribution in [3.05, 3.63) is 81.4 Å². The highest BCUT2D eigenvalue weighted by Gasteiger charge is 2.28. The molecular formula is C39H45N2S4+. The molecule has 1 aliphatic heterocycles. The van der Waals surface area contributed by atoms with Crippen LogP contribution in [-0.4, -0.2) is 17.0 Å². The summed E-state index contributed by atoms with van der Waals surface area (Å²) in [6.45, 7) is 3.32.